The summed E-state index contributed by atoms with van der Waals surface area (Å²) in [6.07, 6.45) is 0. The summed E-state index contributed by atoms with van der Waals surface area (Å²) in [6.45, 7) is 3.07. The predicted molar refractivity (Wildman–Crippen MR) is 69.2 cm³/mol. The molecule has 0 aliphatic heterocycles. The van der Waals surface area contributed by atoms with Crippen LogP contribution in [0.25, 0.3) is 0 Å². The highest BCUT2D eigenvalue weighted by molar-refractivity contribution is 5.98. The molecule has 0 aliphatic carbocycles. The maximum absolute atomic E-state index is 12.2. The zero-order chi connectivity index (χ0) is 13.7. The number of anilines is 1. The first-order valence-corrected chi connectivity index (χ1v) is 5.77. The first kappa shape index (κ1) is 14.2. The first-order chi connectivity index (χ1) is 8.43. The normalized spacial score (nSPS) is 13.7. The Kier molecular flexibility index (Phi) is 4.85. The number of para-hydroxylation sites is 1. The smallest absolute Gasteiger partial charge is 0.323 e. The van der Waals surface area contributed by atoms with E-state index in [4.69, 9.17) is 10.8 Å². The average molecular weight is 250 g/mol. The van der Waals surface area contributed by atoms with Gasteiger partial charge in [-0.3, -0.25) is 9.59 Å². The topological polar surface area (TPSA) is 83.6 Å². The van der Waals surface area contributed by atoms with Crippen molar-refractivity contribution in [2.45, 2.75) is 19.9 Å². The van der Waals surface area contributed by atoms with Gasteiger partial charge in [-0.2, -0.15) is 0 Å². The molecule has 0 bridgehead atoms. The van der Waals surface area contributed by atoms with E-state index in [1.807, 2.05) is 6.07 Å². The summed E-state index contributed by atoms with van der Waals surface area (Å²) in [5, 5.41) is 8.89. The van der Waals surface area contributed by atoms with E-state index >= 15 is 0 Å². The van der Waals surface area contributed by atoms with Crippen LogP contribution in [0.2, 0.25) is 0 Å². The van der Waals surface area contributed by atoms with Crippen LogP contribution in [0, 0.1) is 5.92 Å². The summed E-state index contributed by atoms with van der Waals surface area (Å²) in [5.74, 6) is -1.76. The van der Waals surface area contributed by atoms with Crippen LogP contribution in [0.15, 0.2) is 30.3 Å². The van der Waals surface area contributed by atoms with Gasteiger partial charge < -0.3 is 15.7 Å². The molecular formula is C13H18N2O3. The summed E-state index contributed by atoms with van der Waals surface area (Å²) < 4.78 is 0. The molecule has 0 aliphatic rings. The molecule has 0 heterocycles. The van der Waals surface area contributed by atoms with Gasteiger partial charge in [0, 0.05) is 11.7 Å². The van der Waals surface area contributed by atoms with Crippen LogP contribution in [-0.2, 0) is 9.59 Å². The fraction of sp³-hybridized carbons (Fsp3) is 0.385. The lowest BCUT2D eigenvalue weighted by Gasteiger charge is -2.25. The number of carbonyl (C=O) groups excluding carboxylic acids is 1. The zero-order valence-corrected chi connectivity index (χ0v) is 10.5. The Morgan fingerprint density at radius 3 is 2.28 bits per heavy atom. The van der Waals surface area contributed by atoms with Crippen molar-refractivity contribution in [2.75, 3.05) is 11.4 Å². The fourth-order valence-corrected chi connectivity index (χ4v) is 1.51. The van der Waals surface area contributed by atoms with E-state index in [-0.39, 0.29) is 18.5 Å². The lowest BCUT2D eigenvalue weighted by Crippen LogP contribution is -2.44. The Hall–Kier alpha value is -1.88. The quantitative estimate of drug-likeness (QED) is 0.819. The van der Waals surface area contributed by atoms with Crippen molar-refractivity contribution in [1.82, 2.24) is 0 Å². The van der Waals surface area contributed by atoms with Crippen LogP contribution in [-0.4, -0.2) is 29.6 Å². The lowest BCUT2D eigenvalue weighted by atomic mass is 10.0. The van der Waals surface area contributed by atoms with E-state index < -0.39 is 11.9 Å². The van der Waals surface area contributed by atoms with Gasteiger partial charge in [-0.15, -0.1) is 0 Å². The molecule has 98 valence electrons. The van der Waals surface area contributed by atoms with E-state index in [1.165, 1.54) is 4.90 Å². The largest absolute Gasteiger partial charge is 0.480 e. The number of nitrogens with zero attached hydrogens (tertiary/aromatic N) is 1. The number of carboxylic acid groups (broad SMARTS) is 1. The van der Waals surface area contributed by atoms with Crippen molar-refractivity contribution < 1.29 is 14.7 Å². The van der Waals surface area contributed by atoms with Crippen molar-refractivity contribution in [2.24, 2.45) is 11.7 Å². The average Bonchev–Trinajstić information content (AvgIpc) is 2.35. The molecule has 5 nitrogen and oxygen atoms in total. The molecule has 1 amide bonds. The van der Waals surface area contributed by atoms with E-state index in [9.17, 15) is 9.59 Å². The number of carbonyl (C=O) groups is 2. The number of hydrogen-bond acceptors (Lipinski definition) is 3. The molecule has 0 aromatic heterocycles. The third-order valence-corrected chi connectivity index (χ3v) is 2.81. The summed E-state index contributed by atoms with van der Waals surface area (Å²) in [4.78, 5) is 24.3. The summed E-state index contributed by atoms with van der Waals surface area (Å²) in [6, 6.07) is 8.41. The molecule has 1 rings (SSSR count). The standard InChI is InChI=1S/C13H18N2O3/c1-9(10(2)14)13(18)15(8-12(16)17)11-6-4-3-5-7-11/h3-7,9-10H,8,14H2,1-2H3,(H,16,17). The molecule has 2 unspecified atom stereocenters. The molecule has 5 heteroatoms. The Morgan fingerprint density at radius 2 is 1.83 bits per heavy atom. The monoisotopic (exact) mass is 250 g/mol. The molecule has 3 N–H and O–H groups in total. The van der Waals surface area contributed by atoms with Crippen LogP contribution in [0.4, 0.5) is 5.69 Å². The molecule has 2 atom stereocenters. The maximum atomic E-state index is 12.2. The Morgan fingerprint density at radius 1 is 1.28 bits per heavy atom. The summed E-state index contributed by atoms with van der Waals surface area (Å²) in [7, 11) is 0. The number of carboxylic acids is 1. The van der Waals surface area contributed by atoms with Gasteiger partial charge in [0.05, 0.1) is 5.92 Å². The zero-order valence-electron chi connectivity index (χ0n) is 10.5. The minimum atomic E-state index is -1.05. The van der Waals surface area contributed by atoms with Crippen molar-refractivity contribution in [3.8, 4) is 0 Å². The Labute approximate surface area is 106 Å². The summed E-state index contributed by atoms with van der Waals surface area (Å²) in [5.41, 5.74) is 6.26. The minimum Gasteiger partial charge on any atom is -0.480 e. The van der Waals surface area contributed by atoms with Gasteiger partial charge in [-0.05, 0) is 19.1 Å². The Bertz CT molecular complexity index is 418. The third-order valence-electron chi connectivity index (χ3n) is 2.81. The van der Waals surface area contributed by atoms with Crippen molar-refractivity contribution in [1.29, 1.82) is 0 Å². The number of aliphatic carboxylic acids is 1. The number of amides is 1. The number of hydrogen-bond donors (Lipinski definition) is 2. The second-order valence-corrected chi connectivity index (χ2v) is 4.30. The van der Waals surface area contributed by atoms with E-state index in [0.29, 0.717) is 5.69 Å². The minimum absolute atomic E-state index is 0.279. The van der Waals surface area contributed by atoms with Gasteiger partial charge in [0.15, 0.2) is 0 Å². The van der Waals surface area contributed by atoms with Gasteiger partial charge >= 0.3 is 5.97 Å². The highest BCUT2D eigenvalue weighted by Gasteiger charge is 2.25. The highest BCUT2D eigenvalue weighted by atomic mass is 16.4. The van der Waals surface area contributed by atoms with Crippen molar-refractivity contribution in [3.05, 3.63) is 30.3 Å². The molecule has 1 aromatic carbocycles. The molecule has 0 radical (unpaired) electrons. The molecule has 0 spiro atoms. The second-order valence-electron chi connectivity index (χ2n) is 4.30. The number of benzene rings is 1. The third kappa shape index (κ3) is 3.56. The van der Waals surface area contributed by atoms with Crippen LogP contribution in [0.5, 0.6) is 0 Å². The molecule has 18 heavy (non-hydrogen) atoms. The molecule has 0 fully saturated rings. The maximum Gasteiger partial charge on any atom is 0.323 e. The molecular weight excluding hydrogens is 232 g/mol. The first-order valence-electron chi connectivity index (χ1n) is 5.77. The van der Waals surface area contributed by atoms with Gasteiger partial charge in [-0.1, -0.05) is 25.1 Å². The van der Waals surface area contributed by atoms with Gasteiger partial charge in [-0.25, -0.2) is 0 Å². The van der Waals surface area contributed by atoms with Gasteiger partial charge in [0.1, 0.15) is 6.54 Å². The Balaban J connectivity index is 2.99. The van der Waals surface area contributed by atoms with Crippen LogP contribution < -0.4 is 10.6 Å². The van der Waals surface area contributed by atoms with E-state index in [2.05, 4.69) is 0 Å². The van der Waals surface area contributed by atoms with Crippen LogP contribution in [0.3, 0.4) is 0 Å². The van der Waals surface area contributed by atoms with E-state index in [1.54, 1.807) is 38.1 Å². The predicted octanol–water partition coefficient (Wildman–Crippen LogP) is 1.09. The highest BCUT2D eigenvalue weighted by Crippen LogP contribution is 2.17. The van der Waals surface area contributed by atoms with Crippen molar-refractivity contribution in [3.63, 3.8) is 0 Å². The fourth-order valence-electron chi connectivity index (χ4n) is 1.51. The van der Waals surface area contributed by atoms with Crippen LogP contribution >= 0.6 is 0 Å². The molecule has 0 saturated carbocycles. The van der Waals surface area contributed by atoms with Gasteiger partial charge in [0.25, 0.3) is 0 Å². The van der Waals surface area contributed by atoms with Crippen LogP contribution in [0.1, 0.15) is 13.8 Å². The van der Waals surface area contributed by atoms with E-state index in [0.717, 1.165) is 0 Å². The number of nitrogens with two attached hydrogens (primary N) is 1. The second kappa shape index (κ2) is 6.16. The lowest BCUT2D eigenvalue weighted by molar-refractivity contribution is -0.137. The van der Waals surface area contributed by atoms with Gasteiger partial charge in [0.2, 0.25) is 5.91 Å². The number of rotatable bonds is 5. The molecule has 0 saturated heterocycles. The van der Waals surface area contributed by atoms with Crippen molar-refractivity contribution >= 4 is 17.6 Å². The SMILES string of the molecule is CC(N)C(C)C(=O)N(CC(=O)O)c1ccccc1. The molecule has 1 aromatic rings. The summed E-state index contributed by atoms with van der Waals surface area (Å²) >= 11 is 0.